The summed E-state index contributed by atoms with van der Waals surface area (Å²) in [6.45, 7) is 6.67. The summed E-state index contributed by atoms with van der Waals surface area (Å²) < 4.78 is 42.5. The van der Waals surface area contributed by atoms with Crippen LogP contribution in [0.2, 0.25) is 0 Å². The third-order valence-corrected chi connectivity index (χ3v) is 25.4. The van der Waals surface area contributed by atoms with Crippen LogP contribution in [0.25, 0.3) is 0 Å². The molecule has 3 saturated heterocycles. The van der Waals surface area contributed by atoms with E-state index < -0.39 is 186 Å². The molecule has 13 atom stereocenters. The molecule has 0 aromatic heterocycles. The number of likely N-dealkylation sites (tertiary alicyclic amines) is 1. The molecule has 4 saturated carbocycles. The Labute approximate surface area is 643 Å². The molecular formula is C78H126ClF3N14O12. The summed E-state index contributed by atoms with van der Waals surface area (Å²) in [4.78, 5) is 194. The van der Waals surface area contributed by atoms with E-state index in [0.717, 1.165) is 72.5 Å². The van der Waals surface area contributed by atoms with Gasteiger partial charge in [0.1, 0.15) is 47.8 Å². The normalized spacial score (nSPS) is 30.4. The van der Waals surface area contributed by atoms with E-state index in [1.54, 1.807) is 11.8 Å². The van der Waals surface area contributed by atoms with E-state index in [9.17, 15) is 42.4 Å². The van der Waals surface area contributed by atoms with Gasteiger partial charge >= 0.3 is 6.18 Å². The summed E-state index contributed by atoms with van der Waals surface area (Å²) >= 11 is 6.47. The minimum absolute atomic E-state index is 0.00812. The molecule has 0 radical (unpaired) electrons. The molecule has 0 bridgehead atoms. The largest absolute Gasteiger partial charge is 0.393 e. The fourth-order valence-corrected chi connectivity index (χ4v) is 18.2. The highest BCUT2D eigenvalue weighted by molar-refractivity contribution is 6.21. The quantitative estimate of drug-likeness (QED) is 0.141. The minimum atomic E-state index is -4.54. The molecule has 3 heterocycles. The summed E-state index contributed by atoms with van der Waals surface area (Å²) in [5.41, 5.74) is -1.64. The van der Waals surface area contributed by atoms with Crippen LogP contribution in [0.1, 0.15) is 214 Å². The maximum absolute atomic E-state index is 16.1. The standard InChI is InChI=1S/C78H126ClF3N14O12/c1-13-50(4)67-74(106)90(7)47-65(99)88(5)48-66(100)92(9)61(41-51-25-17-14-18-26-51)72(104)89(6)46-63(97)85-58(34-31-52-30-33-56(57(79)40-52)78(80,81)82)71(103)93(10)60(42-53-29-32-55(44-83)84-45-53)70(102)87-77(35-21-22-36-77)76(108)95(12)68(54-27-19-15-20-28-54)75(107)94(11)62(73(105)96-37-23-16-24-38-96)43-64(98)91(8)59(39-49(2)3)69(101)86-67/h49-62,67-68,84H,13-43,45-48H2,1-12H3,(H,85,97)(H,86,101)(H,87,102)/t50-,52?,53?,55?,56?,57?,58-,59-,60-,61-,62-,67-,68-/m0/s1. The van der Waals surface area contributed by atoms with Gasteiger partial charge in [0, 0.05) is 74.8 Å². The Morgan fingerprint density at radius 2 is 1.17 bits per heavy atom. The Hall–Kier alpha value is -6.83. The number of nitrogens with zero attached hydrogens (tertiary/aromatic N) is 10. The van der Waals surface area contributed by atoms with Crippen molar-refractivity contribution in [3.63, 3.8) is 0 Å². The lowest BCUT2D eigenvalue weighted by Crippen LogP contribution is -2.66. The van der Waals surface area contributed by atoms with Gasteiger partial charge in [-0.25, -0.2) is 0 Å². The summed E-state index contributed by atoms with van der Waals surface area (Å²) in [5.74, 6) is -11.4. The van der Waals surface area contributed by atoms with Crippen molar-refractivity contribution in [3.8, 4) is 6.07 Å². The zero-order valence-electron chi connectivity index (χ0n) is 66.4. The number of nitrogens with one attached hydrogen (secondary N) is 4. The number of hydrogen-bond donors (Lipinski definition) is 4. The smallest absolute Gasteiger partial charge is 0.343 e. The zero-order chi connectivity index (χ0) is 79.6. The van der Waals surface area contributed by atoms with E-state index in [2.05, 4.69) is 27.3 Å². The van der Waals surface area contributed by atoms with Gasteiger partial charge < -0.3 is 65.4 Å². The van der Waals surface area contributed by atoms with Gasteiger partial charge in [-0.2, -0.15) is 18.4 Å². The molecule has 5 unspecified atom stereocenters. The predicted molar refractivity (Wildman–Crippen MR) is 401 cm³/mol. The predicted octanol–water partition coefficient (Wildman–Crippen LogP) is 6.60. The molecule has 0 aromatic rings. The van der Waals surface area contributed by atoms with E-state index in [0.29, 0.717) is 70.9 Å². The second-order valence-electron chi connectivity index (χ2n) is 33.3. The van der Waals surface area contributed by atoms with Crippen molar-refractivity contribution in [1.29, 1.82) is 5.26 Å². The number of halogens is 4. The second kappa shape index (κ2) is 40.4. The molecule has 7 fully saturated rings. The van der Waals surface area contributed by atoms with Gasteiger partial charge in [-0.3, -0.25) is 57.5 Å². The van der Waals surface area contributed by atoms with Crippen LogP contribution >= 0.6 is 11.6 Å². The Balaban J connectivity index is 1.33. The van der Waals surface area contributed by atoms with Crippen molar-refractivity contribution in [2.75, 3.05) is 95.6 Å². The monoisotopic (exact) mass is 1540 g/mol. The average Bonchev–Trinajstić information content (AvgIpc) is 1.45. The fraction of sp³-hybridized carbons (Fsp3) is 0.833. The molecule has 0 aromatic carbocycles. The maximum Gasteiger partial charge on any atom is 0.393 e. The van der Waals surface area contributed by atoms with Gasteiger partial charge in [0.05, 0.1) is 44.1 Å². The van der Waals surface area contributed by atoms with Gasteiger partial charge in [0.2, 0.25) is 70.9 Å². The van der Waals surface area contributed by atoms with Crippen LogP contribution in [0.3, 0.4) is 0 Å². The molecule has 3 aliphatic heterocycles. The molecule has 608 valence electrons. The van der Waals surface area contributed by atoms with Crippen molar-refractivity contribution in [1.82, 2.24) is 65.4 Å². The Morgan fingerprint density at radius 1 is 0.583 bits per heavy atom. The second-order valence-corrected chi connectivity index (χ2v) is 33.8. The summed E-state index contributed by atoms with van der Waals surface area (Å²) in [5, 5.41) is 20.8. The van der Waals surface area contributed by atoms with Crippen LogP contribution in [0.15, 0.2) is 0 Å². The number of hydrogen-bond acceptors (Lipinski definition) is 14. The number of piperidine rings is 2. The SMILES string of the molecule is CC[C@H](C)[C@@H]1NC(=O)[C@H](CC(C)C)N(C)C(=O)C[C@@H](C(=O)N2CCCCC2)N(C)C(=O)[C@H](C2CCCCC2)N(C)C(=O)C2(CCCC2)NC(=O)[C@H](CC2CCC(C#N)NC2)N(C)C(=O)[C@H](CCC2CCC(C(F)(F)F)C(Cl)C2)NC(=O)CN(C)C(=O)[C@H](CC2CCCCC2)N(C)C(=O)CN(C)C(=O)CN(C)C1=O. The van der Waals surface area contributed by atoms with Crippen LogP contribution < -0.4 is 21.3 Å². The fourth-order valence-electron chi connectivity index (χ4n) is 17.7. The Morgan fingerprint density at radius 3 is 1.75 bits per heavy atom. The van der Waals surface area contributed by atoms with Crippen LogP contribution in [0.5, 0.6) is 0 Å². The van der Waals surface area contributed by atoms with E-state index in [1.165, 1.54) is 80.9 Å². The summed E-state index contributed by atoms with van der Waals surface area (Å²) in [7, 11) is 11.5. The number of alkyl halides is 4. The molecule has 1 spiro atoms. The van der Waals surface area contributed by atoms with Crippen LogP contribution in [0, 0.1) is 52.8 Å². The minimum Gasteiger partial charge on any atom is -0.343 e. The first-order valence-electron chi connectivity index (χ1n) is 40.1. The molecule has 26 nitrogen and oxygen atoms in total. The molecule has 12 amide bonds. The van der Waals surface area contributed by atoms with Crippen LogP contribution in [-0.4, -0.2) is 276 Å². The van der Waals surface area contributed by atoms with Crippen molar-refractivity contribution in [2.24, 2.45) is 41.4 Å². The summed E-state index contributed by atoms with van der Waals surface area (Å²) in [6, 6.07) is -7.21. The van der Waals surface area contributed by atoms with Gasteiger partial charge in [0.15, 0.2) is 0 Å². The van der Waals surface area contributed by atoms with Crippen molar-refractivity contribution < 1.29 is 70.7 Å². The molecule has 4 N–H and O–H groups in total. The van der Waals surface area contributed by atoms with Gasteiger partial charge in [-0.05, 0) is 151 Å². The van der Waals surface area contributed by atoms with E-state index in [-0.39, 0.29) is 88.5 Å². The van der Waals surface area contributed by atoms with E-state index in [1.807, 2.05) is 20.8 Å². The number of amides is 12. The first kappa shape index (κ1) is 88.4. The number of nitriles is 1. The van der Waals surface area contributed by atoms with Crippen LogP contribution in [0.4, 0.5) is 13.2 Å². The van der Waals surface area contributed by atoms with Crippen molar-refractivity contribution in [3.05, 3.63) is 0 Å². The number of carbonyl (C=O) groups is 12. The summed E-state index contributed by atoms with van der Waals surface area (Å²) in [6.07, 6.45) is 7.53. The van der Waals surface area contributed by atoms with Crippen molar-refractivity contribution in [2.45, 2.75) is 279 Å². The Kier molecular flexibility index (Phi) is 33.1. The molecule has 7 aliphatic rings. The first-order valence-corrected chi connectivity index (χ1v) is 40.6. The third-order valence-electron chi connectivity index (χ3n) is 25.0. The van der Waals surface area contributed by atoms with Crippen molar-refractivity contribution >= 4 is 82.5 Å². The number of rotatable bonds is 13. The highest BCUT2D eigenvalue weighted by atomic mass is 35.5. The number of carbonyl (C=O) groups excluding carboxylic acids is 12. The number of likely N-dealkylation sites (N-methyl/N-ethyl adjacent to an activating group) is 8. The average molecular weight is 1540 g/mol. The van der Waals surface area contributed by atoms with Gasteiger partial charge in [0.25, 0.3) is 0 Å². The van der Waals surface area contributed by atoms with Gasteiger partial charge in [-0.15, -0.1) is 11.6 Å². The topological polar surface area (TPSA) is 306 Å². The van der Waals surface area contributed by atoms with Gasteiger partial charge in [-0.1, -0.05) is 98.3 Å². The molecular weight excluding hydrogens is 1420 g/mol. The zero-order valence-corrected chi connectivity index (χ0v) is 67.1. The van der Waals surface area contributed by atoms with E-state index >= 15 is 33.6 Å². The van der Waals surface area contributed by atoms with E-state index in [4.69, 9.17) is 11.6 Å². The lowest BCUT2D eigenvalue weighted by atomic mass is 9.78. The molecule has 7 rings (SSSR count). The lowest BCUT2D eigenvalue weighted by molar-refractivity contribution is -0.182. The Bertz CT molecular complexity index is 3170. The third kappa shape index (κ3) is 23.2. The van der Waals surface area contributed by atoms with Crippen LogP contribution in [-0.2, 0) is 57.5 Å². The maximum atomic E-state index is 16.1. The molecule has 4 aliphatic carbocycles. The first-order chi connectivity index (χ1) is 51.0. The highest BCUT2D eigenvalue weighted by Gasteiger charge is 2.52. The highest BCUT2D eigenvalue weighted by Crippen LogP contribution is 2.44. The lowest BCUT2D eigenvalue weighted by Gasteiger charge is -2.44. The molecule has 108 heavy (non-hydrogen) atoms. The molecule has 30 heteroatoms.